The van der Waals surface area contributed by atoms with E-state index in [0.717, 1.165) is 62.9 Å². The number of aryl methyl sites for hydroxylation is 3. The van der Waals surface area contributed by atoms with Crippen molar-refractivity contribution in [3.05, 3.63) is 52.4 Å². The van der Waals surface area contributed by atoms with Crippen molar-refractivity contribution in [3.63, 3.8) is 0 Å². The van der Waals surface area contributed by atoms with Gasteiger partial charge >= 0.3 is 0 Å². The number of benzene rings is 1. The number of aromatic nitrogens is 1. The predicted molar refractivity (Wildman–Crippen MR) is 129 cm³/mol. The Balaban J connectivity index is 0.00000300. The van der Waals surface area contributed by atoms with Crippen molar-refractivity contribution in [2.24, 2.45) is 4.99 Å². The number of nitrogens with one attached hydrogen (secondary N) is 2. The maximum atomic E-state index is 5.23. The number of guanidine groups is 1. The maximum absolute atomic E-state index is 5.23. The molecule has 0 atom stereocenters. The van der Waals surface area contributed by atoms with E-state index in [9.17, 15) is 0 Å². The summed E-state index contributed by atoms with van der Waals surface area (Å²) in [5, 5.41) is 11.0. The van der Waals surface area contributed by atoms with Crippen molar-refractivity contribution in [2.75, 3.05) is 26.7 Å². The van der Waals surface area contributed by atoms with E-state index in [1.807, 2.05) is 20.9 Å². The molecule has 0 radical (unpaired) electrons. The molecule has 0 amide bonds. The van der Waals surface area contributed by atoms with E-state index >= 15 is 0 Å². The number of hydrogen-bond donors (Lipinski definition) is 2. The van der Waals surface area contributed by atoms with Crippen LogP contribution in [0.25, 0.3) is 0 Å². The molecule has 0 aliphatic carbocycles. The Morgan fingerprint density at radius 2 is 1.93 bits per heavy atom. The molecule has 1 aliphatic rings. The lowest BCUT2D eigenvalue weighted by Gasteiger charge is -2.33. The summed E-state index contributed by atoms with van der Waals surface area (Å²) < 4.78 is 5.23. The predicted octanol–water partition coefficient (Wildman–Crippen LogP) is 3.59. The maximum Gasteiger partial charge on any atom is 0.191 e. The van der Waals surface area contributed by atoms with Gasteiger partial charge in [0, 0.05) is 44.8 Å². The average Bonchev–Trinajstić information content (AvgIpc) is 3.02. The van der Waals surface area contributed by atoms with E-state index in [2.05, 4.69) is 56.9 Å². The second-order valence-corrected chi connectivity index (χ2v) is 7.67. The fourth-order valence-electron chi connectivity index (χ4n) is 3.82. The second kappa shape index (κ2) is 11.5. The van der Waals surface area contributed by atoms with E-state index in [1.54, 1.807) is 0 Å². The number of halogens is 1. The van der Waals surface area contributed by atoms with E-state index in [-0.39, 0.29) is 24.0 Å². The molecule has 1 aromatic heterocycles. The van der Waals surface area contributed by atoms with Crippen LogP contribution in [0.15, 0.2) is 33.8 Å². The highest BCUT2D eigenvalue weighted by Crippen LogP contribution is 2.16. The molecular weight excluding hydrogens is 477 g/mol. The lowest BCUT2D eigenvalue weighted by molar-refractivity contribution is 0.198. The van der Waals surface area contributed by atoms with Crippen molar-refractivity contribution in [2.45, 2.75) is 52.6 Å². The van der Waals surface area contributed by atoms with Crippen LogP contribution >= 0.6 is 24.0 Å². The molecule has 7 heteroatoms. The standard InChI is InChI=1S/C22H33N5O.HI/c1-16-7-5-6-8-19(16)15-27-13-10-20(11-14-27)25-22(23-4)24-12-9-21-17(2)26-28-18(21)3;/h5-8,20H,9-15H2,1-4H3,(H2,23,24,25);1H. The zero-order valence-corrected chi connectivity index (χ0v) is 20.3. The first-order valence-electron chi connectivity index (χ1n) is 10.2. The molecule has 1 saturated heterocycles. The third-order valence-corrected chi connectivity index (χ3v) is 5.66. The van der Waals surface area contributed by atoms with Gasteiger partial charge in [0.2, 0.25) is 0 Å². The monoisotopic (exact) mass is 511 g/mol. The van der Waals surface area contributed by atoms with Crippen LogP contribution in [0, 0.1) is 20.8 Å². The molecule has 2 N–H and O–H groups in total. The molecule has 29 heavy (non-hydrogen) atoms. The first kappa shape index (κ1) is 23.7. The number of hydrogen-bond acceptors (Lipinski definition) is 4. The molecule has 0 bridgehead atoms. The van der Waals surface area contributed by atoms with Crippen LogP contribution in [0.2, 0.25) is 0 Å². The Morgan fingerprint density at radius 3 is 2.55 bits per heavy atom. The van der Waals surface area contributed by atoms with Crippen molar-refractivity contribution < 1.29 is 4.52 Å². The van der Waals surface area contributed by atoms with Gasteiger partial charge in [-0.3, -0.25) is 9.89 Å². The fraction of sp³-hybridized carbons (Fsp3) is 0.545. The topological polar surface area (TPSA) is 65.7 Å². The Morgan fingerprint density at radius 1 is 1.21 bits per heavy atom. The van der Waals surface area contributed by atoms with Gasteiger partial charge in [-0.1, -0.05) is 29.4 Å². The number of likely N-dealkylation sites (tertiary alicyclic amines) is 1. The molecule has 6 nitrogen and oxygen atoms in total. The SMILES string of the molecule is CN=C(NCCc1c(C)noc1C)NC1CCN(Cc2ccccc2C)CC1.I. The molecule has 0 spiro atoms. The van der Waals surface area contributed by atoms with Crippen molar-refractivity contribution in [1.29, 1.82) is 0 Å². The summed E-state index contributed by atoms with van der Waals surface area (Å²) in [6.45, 7) is 10.2. The van der Waals surface area contributed by atoms with E-state index in [0.29, 0.717) is 6.04 Å². The number of nitrogens with zero attached hydrogens (tertiary/aromatic N) is 3. The van der Waals surface area contributed by atoms with Gasteiger partial charge in [0.25, 0.3) is 0 Å². The van der Waals surface area contributed by atoms with Gasteiger partial charge in [0.05, 0.1) is 5.69 Å². The highest BCUT2D eigenvalue weighted by atomic mass is 127. The Hall–Kier alpha value is -1.61. The van der Waals surface area contributed by atoms with Gasteiger partial charge < -0.3 is 15.2 Å². The van der Waals surface area contributed by atoms with Gasteiger partial charge in [-0.15, -0.1) is 24.0 Å². The van der Waals surface area contributed by atoms with Crippen LogP contribution in [0.1, 0.15) is 41.0 Å². The zero-order valence-electron chi connectivity index (χ0n) is 18.0. The van der Waals surface area contributed by atoms with Gasteiger partial charge in [0.1, 0.15) is 5.76 Å². The molecule has 2 aromatic rings. The number of aliphatic imine (C=N–C) groups is 1. The minimum Gasteiger partial charge on any atom is -0.361 e. The summed E-state index contributed by atoms with van der Waals surface area (Å²) in [4.78, 5) is 6.94. The highest BCUT2D eigenvalue weighted by molar-refractivity contribution is 14.0. The molecule has 0 saturated carbocycles. The summed E-state index contributed by atoms with van der Waals surface area (Å²) in [6, 6.07) is 9.15. The first-order valence-corrected chi connectivity index (χ1v) is 10.2. The normalized spacial score (nSPS) is 15.8. The summed E-state index contributed by atoms with van der Waals surface area (Å²) in [7, 11) is 1.83. The van der Waals surface area contributed by atoms with Crippen molar-refractivity contribution in [3.8, 4) is 0 Å². The first-order chi connectivity index (χ1) is 13.6. The molecule has 1 aliphatic heterocycles. The largest absolute Gasteiger partial charge is 0.361 e. The summed E-state index contributed by atoms with van der Waals surface area (Å²) in [6.07, 6.45) is 3.16. The Labute approximate surface area is 191 Å². The van der Waals surface area contributed by atoms with Gasteiger partial charge in [-0.2, -0.15) is 0 Å². The van der Waals surface area contributed by atoms with Gasteiger partial charge in [0.15, 0.2) is 5.96 Å². The fourth-order valence-corrected chi connectivity index (χ4v) is 3.82. The quantitative estimate of drug-likeness (QED) is 0.353. The summed E-state index contributed by atoms with van der Waals surface area (Å²) >= 11 is 0. The lowest BCUT2D eigenvalue weighted by atomic mass is 10.0. The Bertz CT molecular complexity index is 777. The van der Waals surface area contributed by atoms with E-state index in [1.165, 1.54) is 16.7 Å². The van der Waals surface area contributed by atoms with E-state index < -0.39 is 0 Å². The summed E-state index contributed by atoms with van der Waals surface area (Å²) in [5.74, 6) is 1.78. The second-order valence-electron chi connectivity index (χ2n) is 7.67. The van der Waals surface area contributed by atoms with Gasteiger partial charge in [-0.25, -0.2) is 0 Å². The van der Waals surface area contributed by atoms with Crippen molar-refractivity contribution >= 4 is 29.9 Å². The third-order valence-electron chi connectivity index (χ3n) is 5.66. The van der Waals surface area contributed by atoms with Crippen LogP contribution in [-0.4, -0.2) is 48.7 Å². The zero-order chi connectivity index (χ0) is 19.9. The van der Waals surface area contributed by atoms with Crippen LogP contribution in [0.4, 0.5) is 0 Å². The minimum absolute atomic E-state index is 0. The van der Waals surface area contributed by atoms with Crippen LogP contribution in [0.5, 0.6) is 0 Å². The minimum atomic E-state index is 0. The van der Waals surface area contributed by atoms with Crippen LogP contribution < -0.4 is 10.6 Å². The molecule has 3 rings (SSSR count). The van der Waals surface area contributed by atoms with Gasteiger partial charge in [-0.05, 0) is 51.2 Å². The molecule has 160 valence electrons. The lowest BCUT2D eigenvalue weighted by Crippen LogP contribution is -2.48. The van der Waals surface area contributed by atoms with Crippen molar-refractivity contribution in [1.82, 2.24) is 20.7 Å². The average molecular weight is 511 g/mol. The number of piperidine rings is 1. The molecule has 2 heterocycles. The van der Waals surface area contributed by atoms with E-state index in [4.69, 9.17) is 4.52 Å². The molecular formula is C22H34IN5O. The molecule has 1 fully saturated rings. The Kier molecular flexibility index (Phi) is 9.42. The molecule has 1 aromatic carbocycles. The highest BCUT2D eigenvalue weighted by Gasteiger charge is 2.20. The van der Waals surface area contributed by atoms with Crippen LogP contribution in [0.3, 0.4) is 0 Å². The third kappa shape index (κ3) is 6.70. The smallest absolute Gasteiger partial charge is 0.191 e. The number of rotatable bonds is 6. The summed E-state index contributed by atoms with van der Waals surface area (Å²) in [5.41, 5.74) is 4.98. The van der Waals surface area contributed by atoms with Crippen LogP contribution in [-0.2, 0) is 13.0 Å². The molecule has 0 unspecified atom stereocenters.